The number of carbonyl (C=O) groups excluding carboxylic acids is 2. The van der Waals surface area contributed by atoms with Crippen molar-refractivity contribution < 1.29 is 24.2 Å². The molecule has 1 aliphatic heterocycles. The van der Waals surface area contributed by atoms with Crippen molar-refractivity contribution in [1.29, 1.82) is 0 Å². The van der Waals surface area contributed by atoms with Crippen LogP contribution in [0.5, 0.6) is 17.2 Å². The number of ether oxygens (including phenoxy) is 2. The zero-order valence-corrected chi connectivity index (χ0v) is 22.0. The van der Waals surface area contributed by atoms with Crippen molar-refractivity contribution in [2.45, 2.75) is 25.8 Å². The van der Waals surface area contributed by atoms with Gasteiger partial charge in [0.05, 0.1) is 19.7 Å². The van der Waals surface area contributed by atoms with Gasteiger partial charge in [-0.25, -0.2) is 0 Å². The third kappa shape index (κ3) is 5.48. The van der Waals surface area contributed by atoms with Crippen LogP contribution in [0.1, 0.15) is 29.7 Å². The lowest BCUT2D eigenvalue weighted by Gasteiger charge is -2.42. The third-order valence-electron chi connectivity index (χ3n) is 6.42. The molecule has 1 atom stereocenters. The molecule has 1 unspecified atom stereocenters. The number of nitrogens with zero attached hydrogens (tertiary/aromatic N) is 2. The molecule has 1 aliphatic carbocycles. The van der Waals surface area contributed by atoms with Crippen molar-refractivity contribution in [3.8, 4) is 28.4 Å². The molecule has 0 aromatic heterocycles. The summed E-state index contributed by atoms with van der Waals surface area (Å²) in [5.74, 6) is 1.30. The van der Waals surface area contributed by atoms with Crippen molar-refractivity contribution in [2.75, 3.05) is 45.0 Å². The summed E-state index contributed by atoms with van der Waals surface area (Å²) in [4.78, 5) is 29.2. The number of carbonyl (C=O) groups is 2. The number of halogens is 3. The number of esters is 1. The summed E-state index contributed by atoms with van der Waals surface area (Å²) in [5.41, 5.74) is 4.37. The first-order valence-corrected chi connectivity index (χ1v) is 12.3. The Kier molecular flexibility index (Phi) is 9.16. The second-order valence-electron chi connectivity index (χ2n) is 8.50. The molecule has 1 amide bonds. The van der Waals surface area contributed by atoms with Crippen molar-refractivity contribution >= 4 is 47.5 Å². The van der Waals surface area contributed by atoms with Crippen molar-refractivity contribution in [2.24, 2.45) is 0 Å². The number of aromatic hydroxyl groups is 1. The smallest absolute Gasteiger partial charge is 0.308 e. The number of benzene rings is 2. The molecule has 2 aliphatic rings. The van der Waals surface area contributed by atoms with Crippen LogP contribution in [0.4, 0.5) is 0 Å². The van der Waals surface area contributed by atoms with E-state index in [9.17, 15) is 14.7 Å². The Hall–Kier alpha value is -2.19. The molecule has 0 spiro atoms. The summed E-state index contributed by atoms with van der Waals surface area (Å²) < 4.78 is 11.1. The highest BCUT2D eigenvalue weighted by molar-refractivity contribution is 6.18. The van der Waals surface area contributed by atoms with Gasteiger partial charge in [-0.3, -0.25) is 14.5 Å². The van der Waals surface area contributed by atoms with Crippen LogP contribution in [0.25, 0.3) is 11.1 Å². The Morgan fingerprint density at radius 1 is 1.17 bits per heavy atom. The molecule has 0 saturated carbocycles. The number of phenolic OH excluding ortho intramolecular Hbond substituents is 1. The van der Waals surface area contributed by atoms with Crippen molar-refractivity contribution in [1.82, 2.24) is 9.80 Å². The molecule has 4 rings (SSSR count). The zero-order chi connectivity index (χ0) is 24.4. The van der Waals surface area contributed by atoms with Gasteiger partial charge in [0, 0.05) is 43.9 Å². The van der Waals surface area contributed by atoms with Crippen LogP contribution < -0.4 is 9.47 Å². The summed E-state index contributed by atoms with van der Waals surface area (Å²) in [6.45, 7) is 3.31. The largest absolute Gasteiger partial charge is 0.508 e. The van der Waals surface area contributed by atoms with E-state index in [4.69, 9.17) is 32.7 Å². The van der Waals surface area contributed by atoms with E-state index < -0.39 is 5.97 Å². The van der Waals surface area contributed by atoms with Gasteiger partial charge in [-0.05, 0) is 53.3 Å². The first-order chi connectivity index (χ1) is 16.4. The molecule has 1 N–H and O–H groups in total. The predicted molar refractivity (Wildman–Crippen MR) is 138 cm³/mol. The zero-order valence-electron chi connectivity index (χ0n) is 19.7. The Labute approximate surface area is 221 Å². The Balaban J connectivity index is 0.00000342. The SMILES string of the molecule is COc1ccc2c(c1OC(C)=O)-c1cc(O)cc3c1C(C2)N(C(=O)CN(CCCl)CCCl)CC3.Cl. The van der Waals surface area contributed by atoms with Crippen LogP contribution in [0, 0.1) is 0 Å². The molecule has 0 radical (unpaired) electrons. The minimum atomic E-state index is -0.460. The molecular weight excluding hydrogens is 515 g/mol. The number of phenols is 1. The quantitative estimate of drug-likeness (QED) is 0.306. The lowest BCUT2D eigenvalue weighted by atomic mass is 9.76. The Morgan fingerprint density at radius 2 is 1.89 bits per heavy atom. The summed E-state index contributed by atoms with van der Waals surface area (Å²) in [6, 6.07) is 6.95. The number of rotatable bonds is 8. The van der Waals surface area contributed by atoms with Crippen molar-refractivity contribution in [3.63, 3.8) is 0 Å². The van der Waals surface area contributed by atoms with E-state index in [1.165, 1.54) is 14.0 Å². The summed E-state index contributed by atoms with van der Waals surface area (Å²) in [6.07, 6.45) is 1.18. The van der Waals surface area contributed by atoms with E-state index in [0.717, 1.165) is 27.8 Å². The maximum atomic E-state index is 13.4. The first kappa shape index (κ1) is 27.4. The maximum absolute atomic E-state index is 13.4. The van der Waals surface area contributed by atoms with E-state index >= 15 is 0 Å². The number of fused-ring (bicyclic) bond motifs is 2. The fraction of sp³-hybridized carbons (Fsp3) is 0.440. The normalized spacial score (nSPS) is 15.7. The Morgan fingerprint density at radius 3 is 2.51 bits per heavy atom. The minimum Gasteiger partial charge on any atom is -0.508 e. The van der Waals surface area contributed by atoms with Gasteiger partial charge in [-0.15, -0.1) is 35.6 Å². The monoisotopic (exact) mass is 542 g/mol. The van der Waals surface area contributed by atoms with Crippen molar-refractivity contribution in [3.05, 3.63) is 41.0 Å². The van der Waals surface area contributed by atoms with Crippen LogP contribution in [0.3, 0.4) is 0 Å². The molecule has 190 valence electrons. The second kappa shape index (κ2) is 11.7. The fourth-order valence-corrected chi connectivity index (χ4v) is 5.52. The molecule has 2 aromatic rings. The average Bonchev–Trinajstić information content (AvgIpc) is 2.79. The number of hydrogen-bond acceptors (Lipinski definition) is 6. The molecule has 35 heavy (non-hydrogen) atoms. The van der Waals surface area contributed by atoms with E-state index in [1.807, 2.05) is 15.9 Å². The number of methoxy groups -OCH3 is 1. The van der Waals surface area contributed by atoms with Gasteiger partial charge < -0.3 is 19.5 Å². The highest BCUT2D eigenvalue weighted by Gasteiger charge is 2.39. The molecule has 0 saturated heterocycles. The lowest BCUT2D eigenvalue weighted by Crippen LogP contribution is -2.47. The van der Waals surface area contributed by atoms with E-state index in [2.05, 4.69) is 0 Å². The van der Waals surface area contributed by atoms with Crippen LogP contribution in [-0.2, 0) is 22.4 Å². The van der Waals surface area contributed by atoms with Gasteiger partial charge in [0.2, 0.25) is 5.91 Å². The average molecular weight is 544 g/mol. The predicted octanol–water partition coefficient (Wildman–Crippen LogP) is 4.18. The van der Waals surface area contributed by atoms with Gasteiger partial charge in [-0.2, -0.15) is 0 Å². The number of amides is 1. The van der Waals surface area contributed by atoms with Crippen LogP contribution in [0.2, 0.25) is 0 Å². The molecule has 10 heteroatoms. The van der Waals surface area contributed by atoms with E-state index in [0.29, 0.717) is 55.7 Å². The molecule has 0 bridgehead atoms. The number of alkyl halides is 2. The summed E-state index contributed by atoms with van der Waals surface area (Å²) >= 11 is 11.8. The number of hydrogen-bond donors (Lipinski definition) is 1. The van der Waals surface area contributed by atoms with Gasteiger partial charge in [0.25, 0.3) is 0 Å². The highest BCUT2D eigenvalue weighted by atomic mass is 35.5. The summed E-state index contributed by atoms with van der Waals surface area (Å²) in [7, 11) is 1.52. The standard InChI is InChI=1S/C25H28Cl2N2O5.ClH/c1-15(30)34-25-21(33-2)4-3-16-12-20-23-17(11-18(31)13-19(23)24(16)25)5-8-29(20)22(32)14-28(9-6-26)10-7-27;/h3-4,11,13,20,31H,5-10,12,14H2,1-2H3;1H. The maximum Gasteiger partial charge on any atom is 0.308 e. The topological polar surface area (TPSA) is 79.3 Å². The van der Waals surface area contributed by atoms with Gasteiger partial charge in [0.15, 0.2) is 11.5 Å². The molecule has 1 heterocycles. The first-order valence-electron chi connectivity index (χ1n) is 11.3. The van der Waals surface area contributed by atoms with Crippen LogP contribution in [-0.4, -0.2) is 71.8 Å². The second-order valence-corrected chi connectivity index (χ2v) is 9.26. The van der Waals surface area contributed by atoms with Gasteiger partial charge in [0.1, 0.15) is 5.75 Å². The van der Waals surface area contributed by atoms with Crippen LogP contribution in [0.15, 0.2) is 24.3 Å². The van der Waals surface area contributed by atoms with Gasteiger partial charge >= 0.3 is 5.97 Å². The van der Waals surface area contributed by atoms with Gasteiger partial charge in [-0.1, -0.05) is 6.07 Å². The highest BCUT2D eigenvalue weighted by Crippen LogP contribution is 2.52. The molecule has 7 nitrogen and oxygen atoms in total. The lowest BCUT2D eigenvalue weighted by molar-refractivity contribution is -0.135. The fourth-order valence-electron chi connectivity index (χ4n) is 5.04. The van der Waals surface area contributed by atoms with E-state index in [1.54, 1.807) is 18.2 Å². The van der Waals surface area contributed by atoms with E-state index in [-0.39, 0.29) is 36.7 Å². The Bertz CT molecular complexity index is 1100. The minimum absolute atomic E-state index is 0. The molecular formula is C25H29Cl3N2O5. The third-order valence-corrected chi connectivity index (χ3v) is 6.76. The molecule has 2 aromatic carbocycles. The molecule has 0 fully saturated rings. The van der Waals surface area contributed by atoms with Crippen LogP contribution >= 0.6 is 35.6 Å². The summed E-state index contributed by atoms with van der Waals surface area (Å²) in [5, 5.41) is 10.5.